The van der Waals surface area contributed by atoms with Crippen molar-refractivity contribution in [1.29, 1.82) is 5.26 Å². The van der Waals surface area contributed by atoms with Gasteiger partial charge in [0.15, 0.2) is 0 Å². The van der Waals surface area contributed by atoms with Gasteiger partial charge in [0.1, 0.15) is 17.6 Å². The molecule has 1 N–H and O–H groups in total. The van der Waals surface area contributed by atoms with E-state index in [1.165, 1.54) is 6.07 Å². The number of nitrogens with zero attached hydrogens (tertiary/aromatic N) is 3. The Labute approximate surface area is 126 Å². The third-order valence-corrected chi connectivity index (χ3v) is 4.70. The van der Waals surface area contributed by atoms with Gasteiger partial charge in [0.05, 0.1) is 5.56 Å². The minimum Gasteiger partial charge on any atom is -0.367 e. The lowest BCUT2D eigenvalue weighted by Gasteiger charge is -2.32. The summed E-state index contributed by atoms with van der Waals surface area (Å²) in [6.45, 7) is 2.63. The molecule has 3 rings (SSSR count). The minimum atomic E-state index is -4.50. The van der Waals surface area contributed by atoms with Crippen molar-refractivity contribution in [2.75, 3.05) is 25.0 Å². The Balaban J connectivity index is 1.81. The summed E-state index contributed by atoms with van der Waals surface area (Å²) in [5, 5.41) is 12.1. The topological polar surface area (TPSA) is 52.0 Å². The van der Waals surface area contributed by atoms with Gasteiger partial charge in [-0.3, -0.25) is 4.90 Å². The van der Waals surface area contributed by atoms with Crippen LogP contribution < -0.4 is 5.32 Å². The molecule has 2 aliphatic rings. The van der Waals surface area contributed by atoms with Crippen molar-refractivity contribution in [3.63, 3.8) is 0 Å². The van der Waals surface area contributed by atoms with Crippen LogP contribution in [0.2, 0.25) is 0 Å². The molecule has 1 aromatic rings. The van der Waals surface area contributed by atoms with Crippen molar-refractivity contribution in [3.8, 4) is 6.07 Å². The van der Waals surface area contributed by atoms with Crippen molar-refractivity contribution < 1.29 is 13.2 Å². The zero-order valence-corrected chi connectivity index (χ0v) is 12.1. The van der Waals surface area contributed by atoms with Gasteiger partial charge < -0.3 is 5.32 Å². The number of aromatic nitrogens is 1. The van der Waals surface area contributed by atoms with E-state index in [2.05, 4.69) is 15.2 Å². The molecule has 2 saturated heterocycles. The van der Waals surface area contributed by atoms with Gasteiger partial charge in [-0.1, -0.05) is 0 Å². The molecule has 0 amide bonds. The van der Waals surface area contributed by atoms with Crippen LogP contribution in [0.1, 0.15) is 36.9 Å². The number of alkyl halides is 3. The zero-order chi connectivity index (χ0) is 15.8. The molecular weight excluding hydrogens is 293 g/mol. The molecule has 0 aromatic carbocycles. The van der Waals surface area contributed by atoms with E-state index >= 15 is 0 Å². The second-order valence-corrected chi connectivity index (χ2v) is 5.97. The van der Waals surface area contributed by atoms with Crippen molar-refractivity contribution in [2.45, 2.75) is 37.4 Å². The van der Waals surface area contributed by atoms with Crippen LogP contribution in [0.15, 0.2) is 12.1 Å². The Bertz CT molecular complexity index is 596. The first-order chi connectivity index (χ1) is 10.4. The Morgan fingerprint density at radius 1 is 1.27 bits per heavy atom. The average molecular weight is 310 g/mol. The van der Waals surface area contributed by atoms with Gasteiger partial charge in [-0.25, -0.2) is 4.98 Å². The summed E-state index contributed by atoms with van der Waals surface area (Å²) in [5.41, 5.74) is -0.809. The van der Waals surface area contributed by atoms with E-state index < -0.39 is 11.9 Å². The molecule has 0 bridgehead atoms. The van der Waals surface area contributed by atoms with Gasteiger partial charge in [-0.2, -0.15) is 18.4 Å². The van der Waals surface area contributed by atoms with Crippen molar-refractivity contribution in [3.05, 3.63) is 23.4 Å². The van der Waals surface area contributed by atoms with E-state index in [-0.39, 0.29) is 16.9 Å². The molecule has 1 aromatic heterocycles. The van der Waals surface area contributed by atoms with Gasteiger partial charge in [0.25, 0.3) is 0 Å². The lowest BCUT2D eigenvalue weighted by Crippen LogP contribution is -2.44. The summed E-state index contributed by atoms with van der Waals surface area (Å²) < 4.78 is 38.3. The third-order valence-electron chi connectivity index (χ3n) is 4.70. The van der Waals surface area contributed by atoms with Crippen LogP contribution in [0.4, 0.5) is 19.0 Å². The molecule has 2 aliphatic heterocycles. The number of fused-ring (bicyclic) bond motifs is 1. The molecule has 0 atom stereocenters. The standard InChI is InChI=1S/C15H17F3N4/c16-15(17,18)12-4-3-11(9-19)13(21-12)20-10-14-5-1-7-22(14)8-2-6-14/h3-4H,1-2,5-8,10H2,(H,20,21). The molecule has 0 saturated carbocycles. The maximum Gasteiger partial charge on any atom is 0.433 e. The van der Waals surface area contributed by atoms with Crippen LogP contribution >= 0.6 is 0 Å². The number of hydrogen-bond donors (Lipinski definition) is 1. The number of pyridine rings is 1. The Kier molecular flexibility index (Phi) is 3.73. The fraction of sp³-hybridized carbons (Fsp3) is 0.600. The smallest absolute Gasteiger partial charge is 0.367 e. The average Bonchev–Trinajstić information content (AvgIpc) is 3.03. The van der Waals surface area contributed by atoms with Crippen molar-refractivity contribution in [2.24, 2.45) is 0 Å². The normalized spacial score (nSPS) is 20.6. The highest BCUT2D eigenvalue weighted by Gasteiger charge is 2.44. The number of halogens is 3. The monoisotopic (exact) mass is 310 g/mol. The van der Waals surface area contributed by atoms with E-state index in [1.54, 1.807) is 0 Å². The molecule has 3 heterocycles. The molecule has 0 radical (unpaired) electrons. The second-order valence-electron chi connectivity index (χ2n) is 5.97. The van der Waals surface area contributed by atoms with E-state index in [0.717, 1.165) is 44.8 Å². The largest absolute Gasteiger partial charge is 0.433 e. The summed E-state index contributed by atoms with van der Waals surface area (Å²) in [6.07, 6.45) is -0.192. The Morgan fingerprint density at radius 2 is 1.95 bits per heavy atom. The van der Waals surface area contributed by atoms with Crippen molar-refractivity contribution >= 4 is 5.82 Å². The summed E-state index contributed by atoms with van der Waals surface area (Å²) >= 11 is 0. The summed E-state index contributed by atoms with van der Waals surface area (Å²) in [6, 6.07) is 3.93. The number of anilines is 1. The van der Waals surface area contributed by atoms with Crippen LogP contribution in [-0.4, -0.2) is 35.1 Å². The first kappa shape index (κ1) is 15.1. The number of rotatable bonds is 3. The maximum atomic E-state index is 12.8. The first-order valence-corrected chi connectivity index (χ1v) is 7.42. The molecule has 0 spiro atoms. The van der Waals surface area contributed by atoms with E-state index in [1.807, 2.05) is 6.07 Å². The van der Waals surface area contributed by atoms with Crippen molar-refractivity contribution in [1.82, 2.24) is 9.88 Å². The zero-order valence-electron chi connectivity index (χ0n) is 12.1. The van der Waals surface area contributed by atoms with Crippen LogP contribution in [0, 0.1) is 11.3 Å². The molecule has 0 aliphatic carbocycles. The molecule has 4 nitrogen and oxygen atoms in total. The highest BCUT2D eigenvalue weighted by atomic mass is 19.4. The van der Waals surface area contributed by atoms with Gasteiger partial charge in [-0.15, -0.1) is 0 Å². The van der Waals surface area contributed by atoms with E-state index in [4.69, 9.17) is 5.26 Å². The van der Waals surface area contributed by atoms with Gasteiger partial charge in [-0.05, 0) is 50.9 Å². The summed E-state index contributed by atoms with van der Waals surface area (Å²) in [7, 11) is 0. The number of nitriles is 1. The first-order valence-electron chi connectivity index (χ1n) is 7.42. The molecule has 0 unspecified atom stereocenters. The van der Waals surface area contributed by atoms with Crippen LogP contribution in [0.5, 0.6) is 0 Å². The summed E-state index contributed by atoms with van der Waals surface area (Å²) in [4.78, 5) is 6.01. The minimum absolute atomic E-state index is 0.0165. The quantitative estimate of drug-likeness (QED) is 0.932. The Hall–Kier alpha value is -1.81. The van der Waals surface area contributed by atoms with E-state index in [0.29, 0.717) is 6.54 Å². The van der Waals surface area contributed by atoms with E-state index in [9.17, 15) is 13.2 Å². The maximum absolute atomic E-state index is 12.8. The predicted octanol–water partition coefficient (Wildman–Crippen LogP) is 3.01. The second kappa shape index (κ2) is 5.43. The highest BCUT2D eigenvalue weighted by molar-refractivity contribution is 5.52. The predicted molar refractivity (Wildman–Crippen MR) is 75.2 cm³/mol. The van der Waals surface area contributed by atoms with Gasteiger partial charge >= 0.3 is 6.18 Å². The SMILES string of the molecule is N#Cc1ccc(C(F)(F)F)nc1NCC12CCCN1CCC2. The Morgan fingerprint density at radius 3 is 2.55 bits per heavy atom. The summed E-state index contributed by atoms with van der Waals surface area (Å²) in [5.74, 6) is 0.0328. The van der Waals surface area contributed by atoms with Gasteiger partial charge in [0, 0.05) is 12.1 Å². The lowest BCUT2D eigenvalue weighted by molar-refractivity contribution is -0.141. The molecule has 2 fully saturated rings. The molecule has 22 heavy (non-hydrogen) atoms. The fourth-order valence-electron chi connectivity index (χ4n) is 3.60. The van der Waals surface area contributed by atoms with Gasteiger partial charge in [0.2, 0.25) is 0 Å². The lowest BCUT2D eigenvalue weighted by atomic mass is 9.94. The molecular formula is C15H17F3N4. The van der Waals surface area contributed by atoms with Crippen LogP contribution in [-0.2, 0) is 6.18 Å². The fourth-order valence-corrected chi connectivity index (χ4v) is 3.60. The number of hydrogen-bond acceptors (Lipinski definition) is 4. The van der Waals surface area contributed by atoms with Crippen LogP contribution in [0.3, 0.4) is 0 Å². The number of nitrogens with one attached hydrogen (secondary N) is 1. The molecule has 118 valence electrons. The third kappa shape index (κ3) is 2.63. The highest BCUT2D eigenvalue weighted by Crippen LogP contribution is 2.39. The molecule has 7 heteroatoms. The van der Waals surface area contributed by atoms with Crippen LogP contribution in [0.25, 0.3) is 0 Å².